The number of anilines is 3. The van der Waals surface area contributed by atoms with Crippen molar-refractivity contribution in [1.29, 1.82) is 0 Å². The standard InChI is InChI=1S/C27H29N7O5.CH2F2O/c1-27(2,3)38-26(37)33(4)18-15-19(30-17-11-8-14-34(25(17)36)20-12-5-6-13-28-20)31-22-21(18)32-39-23(22)24(35)29-16-9-7-10-16;2-1(3)4/h5-6,8,11-16H,7,9-10H2,1-4H3,(H,29,35)(H,30,31);1,4H. The lowest BCUT2D eigenvalue weighted by Gasteiger charge is -2.25. The molecule has 0 radical (unpaired) electrons. The Morgan fingerprint density at radius 3 is 2.51 bits per heavy atom. The Labute approximate surface area is 244 Å². The number of aliphatic hydroxyl groups excluding tert-OH is 1. The van der Waals surface area contributed by atoms with E-state index in [1.54, 1.807) is 69.6 Å². The van der Waals surface area contributed by atoms with Crippen molar-refractivity contribution in [3.05, 3.63) is 64.9 Å². The summed E-state index contributed by atoms with van der Waals surface area (Å²) >= 11 is 0. The minimum absolute atomic E-state index is 0.0669. The molecule has 13 nitrogen and oxygen atoms in total. The fourth-order valence-corrected chi connectivity index (χ4v) is 4.01. The second kappa shape index (κ2) is 12.9. The van der Waals surface area contributed by atoms with E-state index in [0.29, 0.717) is 5.82 Å². The Morgan fingerprint density at radius 1 is 1.19 bits per heavy atom. The number of hydrogen-bond acceptors (Lipinski definition) is 10. The molecule has 2 amide bonds. The van der Waals surface area contributed by atoms with Crippen molar-refractivity contribution in [2.75, 3.05) is 17.3 Å². The number of fused-ring (bicyclic) bond motifs is 1. The monoisotopic (exact) mass is 599 g/mol. The summed E-state index contributed by atoms with van der Waals surface area (Å²) in [6.45, 7) is 2.11. The minimum atomic E-state index is -3.17. The Morgan fingerprint density at radius 2 is 1.91 bits per heavy atom. The van der Waals surface area contributed by atoms with Gasteiger partial charge in [0, 0.05) is 31.5 Å². The van der Waals surface area contributed by atoms with Crippen molar-refractivity contribution in [3.63, 3.8) is 0 Å². The molecule has 15 heteroatoms. The first-order valence-electron chi connectivity index (χ1n) is 13.3. The Kier molecular flexibility index (Phi) is 9.34. The second-order valence-corrected chi connectivity index (χ2v) is 10.6. The number of nitrogens with one attached hydrogen (secondary N) is 2. The van der Waals surface area contributed by atoms with Crippen LogP contribution in [0.5, 0.6) is 0 Å². The average Bonchev–Trinajstić information content (AvgIpc) is 3.34. The summed E-state index contributed by atoms with van der Waals surface area (Å²) in [6.07, 6.45) is 5.39. The number of carbonyl (C=O) groups is 2. The van der Waals surface area contributed by atoms with Gasteiger partial charge in [-0.3, -0.25) is 19.1 Å². The molecule has 228 valence electrons. The van der Waals surface area contributed by atoms with E-state index in [4.69, 9.17) is 14.4 Å². The van der Waals surface area contributed by atoms with E-state index in [1.165, 1.54) is 16.5 Å². The number of halogens is 2. The minimum Gasteiger partial charge on any atom is -0.443 e. The van der Waals surface area contributed by atoms with Crippen LogP contribution in [0.25, 0.3) is 16.9 Å². The summed E-state index contributed by atoms with van der Waals surface area (Å²) in [7, 11) is 1.52. The zero-order valence-electron chi connectivity index (χ0n) is 23.9. The summed E-state index contributed by atoms with van der Waals surface area (Å²) in [6, 6.07) is 10.2. The molecule has 5 rings (SSSR count). The molecule has 1 saturated carbocycles. The number of nitrogens with zero attached hydrogens (tertiary/aromatic N) is 5. The molecule has 0 bridgehead atoms. The lowest BCUT2D eigenvalue weighted by atomic mass is 9.93. The molecule has 0 atom stereocenters. The predicted molar refractivity (Wildman–Crippen MR) is 153 cm³/mol. The highest BCUT2D eigenvalue weighted by molar-refractivity contribution is 6.07. The quantitative estimate of drug-likeness (QED) is 0.290. The van der Waals surface area contributed by atoms with E-state index in [2.05, 4.69) is 25.8 Å². The molecule has 1 aliphatic rings. The van der Waals surface area contributed by atoms with Gasteiger partial charge >= 0.3 is 12.7 Å². The van der Waals surface area contributed by atoms with Gasteiger partial charge in [0.2, 0.25) is 5.76 Å². The summed E-state index contributed by atoms with van der Waals surface area (Å²) in [5, 5.41) is 16.7. The number of aliphatic hydroxyl groups is 1. The van der Waals surface area contributed by atoms with E-state index in [0.717, 1.165) is 19.3 Å². The summed E-state index contributed by atoms with van der Waals surface area (Å²) in [5.41, 5.74) is -0.276. The molecule has 4 aromatic heterocycles. The molecule has 0 unspecified atom stereocenters. The molecule has 0 saturated heterocycles. The molecule has 1 aliphatic carbocycles. The van der Waals surface area contributed by atoms with Crippen LogP contribution in [0.3, 0.4) is 0 Å². The molecular formula is C28H31F2N7O6. The summed E-state index contributed by atoms with van der Waals surface area (Å²) in [5.74, 6) is 0.117. The zero-order valence-corrected chi connectivity index (χ0v) is 23.9. The van der Waals surface area contributed by atoms with Crippen LogP contribution < -0.4 is 21.1 Å². The van der Waals surface area contributed by atoms with E-state index in [1.807, 2.05) is 0 Å². The number of amides is 2. The van der Waals surface area contributed by atoms with Gasteiger partial charge in [-0.2, -0.15) is 8.78 Å². The average molecular weight is 600 g/mol. The molecular weight excluding hydrogens is 568 g/mol. The van der Waals surface area contributed by atoms with Crippen molar-refractivity contribution in [2.45, 2.75) is 58.3 Å². The number of hydrogen-bond donors (Lipinski definition) is 3. The molecule has 4 heterocycles. The second-order valence-electron chi connectivity index (χ2n) is 10.6. The fraction of sp³-hybridized carbons (Fsp3) is 0.357. The fourth-order valence-electron chi connectivity index (χ4n) is 4.01. The SMILES string of the molecule is CN(C(=O)OC(C)(C)C)c1cc(Nc2cccn(-c3ccccn3)c2=O)nc2c(C(=O)NC3CCC3)onc12.OC(F)F. The van der Waals surface area contributed by atoms with Gasteiger partial charge in [0.25, 0.3) is 11.5 Å². The van der Waals surface area contributed by atoms with Crippen molar-refractivity contribution >= 4 is 40.2 Å². The van der Waals surface area contributed by atoms with Gasteiger partial charge in [0.15, 0.2) is 5.52 Å². The van der Waals surface area contributed by atoms with Crippen LogP contribution in [-0.2, 0) is 4.74 Å². The molecule has 43 heavy (non-hydrogen) atoms. The van der Waals surface area contributed by atoms with Gasteiger partial charge in [-0.25, -0.2) is 14.8 Å². The van der Waals surface area contributed by atoms with Crippen LogP contribution >= 0.6 is 0 Å². The van der Waals surface area contributed by atoms with E-state index < -0.39 is 24.2 Å². The van der Waals surface area contributed by atoms with Crippen LogP contribution in [0.15, 0.2) is 58.1 Å². The first-order valence-corrected chi connectivity index (χ1v) is 13.3. The Bertz CT molecular complexity index is 1650. The zero-order chi connectivity index (χ0) is 31.3. The van der Waals surface area contributed by atoms with Crippen molar-refractivity contribution in [3.8, 4) is 5.82 Å². The van der Waals surface area contributed by atoms with Crippen LogP contribution in [0.1, 0.15) is 50.6 Å². The third-order valence-corrected chi connectivity index (χ3v) is 6.20. The highest BCUT2D eigenvalue weighted by atomic mass is 19.3. The predicted octanol–water partition coefficient (Wildman–Crippen LogP) is 4.37. The maximum absolute atomic E-state index is 13.3. The largest absolute Gasteiger partial charge is 0.443 e. The first kappa shape index (κ1) is 31.0. The summed E-state index contributed by atoms with van der Waals surface area (Å²) in [4.78, 5) is 49.2. The van der Waals surface area contributed by atoms with Crippen LogP contribution in [0.2, 0.25) is 0 Å². The molecule has 3 N–H and O–H groups in total. The van der Waals surface area contributed by atoms with Gasteiger partial charge < -0.3 is 25.0 Å². The molecule has 1 fully saturated rings. The maximum Gasteiger partial charge on any atom is 0.414 e. The third kappa shape index (κ3) is 7.68. The number of ether oxygens (including phenoxy) is 1. The summed E-state index contributed by atoms with van der Waals surface area (Å²) < 4.78 is 32.1. The highest BCUT2D eigenvalue weighted by Crippen LogP contribution is 2.32. The number of carbonyl (C=O) groups excluding carboxylic acids is 2. The smallest absolute Gasteiger partial charge is 0.414 e. The van der Waals surface area contributed by atoms with Gasteiger partial charge in [-0.05, 0) is 64.3 Å². The first-order chi connectivity index (χ1) is 20.3. The molecule has 4 aromatic rings. The van der Waals surface area contributed by atoms with E-state index >= 15 is 0 Å². The van der Waals surface area contributed by atoms with E-state index in [-0.39, 0.29) is 45.6 Å². The number of rotatable bonds is 6. The van der Waals surface area contributed by atoms with Gasteiger partial charge in [0.05, 0.1) is 5.69 Å². The van der Waals surface area contributed by atoms with Crippen LogP contribution in [-0.4, -0.2) is 62.1 Å². The molecule has 0 aliphatic heterocycles. The van der Waals surface area contributed by atoms with E-state index in [9.17, 15) is 23.2 Å². The Balaban J connectivity index is 0.000000996. The topological polar surface area (TPSA) is 165 Å². The van der Waals surface area contributed by atoms with Gasteiger partial charge in [-0.15, -0.1) is 0 Å². The lowest BCUT2D eigenvalue weighted by Crippen LogP contribution is -2.39. The van der Waals surface area contributed by atoms with Crippen molar-refractivity contribution < 1.29 is 32.7 Å². The van der Waals surface area contributed by atoms with Gasteiger partial charge in [-0.1, -0.05) is 11.2 Å². The molecule has 0 spiro atoms. The Hall–Kier alpha value is -4.92. The lowest BCUT2D eigenvalue weighted by molar-refractivity contribution is -0.0728. The van der Waals surface area contributed by atoms with Crippen LogP contribution in [0, 0.1) is 0 Å². The number of aromatic nitrogens is 4. The maximum atomic E-state index is 13.3. The highest BCUT2D eigenvalue weighted by Gasteiger charge is 2.29. The van der Waals surface area contributed by atoms with Crippen LogP contribution in [0.4, 0.5) is 30.8 Å². The third-order valence-electron chi connectivity index (χ3n) is 6.20. The van der Waals surface area contributed by atoms with Crippen molar-refractivity contribution in [1.82, 2.24) is 25.0 Å². The molecule has 0 aromatic carbocycles. The normalized spacial score (nSPS) is 13.1. The number of pyridine rings is 3. The van der Waals surface area contributed by atoms with Gasteiger partial charge in [0.1, 0.15) is 28.4 Å². The number of alkyl halides is 2. The van der Waals surface area contributed by atoms with Crippen molar-refractivity contribution in [2.24, 2.45) is 0 Å².